The summed E-state index contributed by atoms with van der Waals surface area (Å²) >= 11 is 0. The number of rotatable bonds is 5. The fraction of sp³-hybridized carbons (Fsp3) is 0.421. The van der Waals surface area contributed by atoms with Crippen LogP contribution in [0.5, 0.6) is 0 Å². The van der Waals surface area contributed by atoms with Crippen LogP contribution in [-0.4, -0.2) is 54.6 Å². The van der Waals surface area contributed by atoms with Crippen molar-refractivity contribution in [3.05, 3.63) is 48.8 Å². The number of carbonyl (C=O) groups excluding carboxylic acids is 1. The Bertz CT molecular complexity index is 669. The van der Waals surface area contributed by atoms with Gasteiger partial charge in [-0.05, 0) is 32.0 Å². The number of nitrogens with one attached hydrogen (secondary N) is 1. The van der Waals surface area contributed by atoms with Crippen molar-refractivity contribution in [2.45, 2.75) is 19.9 Å². The van der Waals surface area contributed by atoms with Gasteiger partial charge < -0.3 is 14.7 Å². The largest absolute Gasteiger partial charge is 0.330 e. The lowest BCUT2D eigenvalue weighted by Gasteiger charge is -2.33. The van der Waals surface area contributed by atoms with Gasteiger partial charge in [0, 0.05) is 24.1 Å². The van der Waals surface area contributed by atoms with Gasteiger partial charge in [-0.15, -0.1) is 0 Å². The summed E-state index contributed by atoms with van der Waals surface area (Å²) in [6.45, 7) is 8.24. The van der Waals surface area contributed by atoms with Crippen molar-refractivity contribution in [2.24, 2.45) is 0 Å². The maximum absolute atomic E-state index is 12.9. The maximum atomic E-state index is 12.9. The van der Waals surface area contributed by atoms with Crippen LogP contribution in [0.4, 0.5) is 11.6 Å². The first-order valence-electron chi connectivity index (χ1n) is 8.88. The Hall–Kier alpha value is -2.47. The summed E-state index contributed by atoms with van der Waals surface area (Å²) in [4.78, 5) is 26.9. The first kappa shape index (κ1) is 17.4. The van der Waals surface area contributed by atoms with Gasteiger partial charge >= 0.3 is 0 Å². The molecule has 1 amide bonds. The van der Waals surface area contributed by atoms with E-state index in [1.165, 1.54) is 4.90 Å². The van der Waals surface area contributed by atoms with E-state index in [4.69, 9.17) is 0 Å². The molecule has 0 radical (unpaired) electrons. The van der Waals surface area contributed by atoms with Crippen LogP contribution in [-0.2, 0) is 4.79 Å². The van der Waals surface area contributed by atoms with E-state index in [0.29, 0.717) is 6.54 Å². The molecule has 0 unspecified atom stereocenters. The predicted molar refractivity (Wildman–Crippen MR) is 98.9 cm³/mol. The number of para-hydroxylation sites is 1. The number of hydrogen-bond acceptors (Lipinski definition) is 4. The van der Waals surface area contributed by atoms with E-state index in [-0.39, 0.29) is 11.9 Å². The molecule has 0 saturated carbocycles. The lowest BCUT2D eigenvalue weighted by molar-refractivity contribution is -0.892. The van der Waals surface area contributed by atoms with E-state index in [1.807, 2.05) is 41.3 Å². The second kappa shape index (κ2) is 8.07. The van der Waals surface area contributed by atoms with Gasteiger partial charge in [0.1, 0.15) is 0 Å². The zero-order valence-corrected chi connectivity index (χ0v) is 14.9. The maximum Gasteiger partial charge on any atom is 0.282 e. The van der Waals surface area contributed by atoms with E-state index in [1.54, 1.807) is 12.4 Å². The Labute approximate surface area is 149 Å². The molecular weight excluding hydrogens is 314 g/mol. The van der Waals surface area contributed by atoms with Crippen molar-refractivity contribution in [2.75, 3.05) is 42.5 Å². The standard InChI is InChI=1S/C19H25N5O/c1-16(2)24(17-7-4-3-5-8-17)18(25)15-22-11-13-23(14-12-22)19-20-9-6-10-21-19/h3-10,16H,11-15H2,1-2H3/p+1. The molecule has 0 bridgehead atoms. The van der Waals surface area contributed by atoms with Crippen molar-refractivity contribution in [3.63, 3.8) is 0 Å². The van der Waals surface area contributed by atoms with Crippen molar-refractivity contribution in [1.29, 1.82) is 0 Å². The van der Waals surface area contributed by atoms with Crippen LogP contribution in [0.2, 0.25) is 0 Å². The van der Waals surface area contributed by atoms with Gasteiger partial charge in [-0.25, -0.2) is 9.97 Å². The van der Waals surface area contributed by atoms with Gasteiger partial charge in [0.05, 0.1) is 26.2 Å². The van der Waals surface area contributed by atoms with Crippen LogP contribution in [0.25, 0.3) is 0 Å². The number of piperazine rings is 1. The van der Waals surface area contributed by atoms with Crippen LogP contribution < -0.4 is 14.7 Å². The molecule has 1 aliphatic rings. The van der Waals surface area contributed by atoms with Crippen molar-refractivity contribution in [3.8, 4) is 0 Å². The first-order valence-corrected chi connectivity index (χ1v) is 8.88. The molecular formula is C19H26N5O+. The number of hydrogen-bond donors (Lipinski definition) is 1. The second-order valence-electron chi connectivity index (χ2n) is 6.66. The number of quaternary nitrogens is 1. The Kier molecular flexibility index (Phi) is 5.60. The first-order chi connectivity index (χ1) is 12.1. The highest BCUT2D eigenvalue weighted by atomic mass is 16.2. The molecule has 1 fully saturated rings. The van der Waals surface area contributed by atoms with E-state index in [0.717, 1.165) is 37.8 Å². The molecule has 2 heterocycles. The summed E-state index contributed by atoms with van der Waals surface area (Å²) in [5.74, 6) is 0.960. The molecule has 132 valence electrons. The van der Waals surface area contributed by atoms with Crippen molar-refractivity contribution < 1.29 is 9.69 Å². The van der Waals surface area contributed by atoms with Crippen molar-refractivity contribution >= 4 is 17.5 Å². The van der Waals surface area contributed by atoms with Crippen LogP contribution in [0.15, 0.2) is 48.8 Å². The summed E-state index contributed by atoms with van der Waals surface area (Å²) in [5.41, 5.74) is 0.971. The average Bonchev–Trinajstić information content (AvgIpc) is 2.64. The summed E-state index contributed by atoms with van der Waals surface area (Å²) in [6.07, 6.45) is 3.54. The molecule has 0 atom stereocenters. The zero-order valence-electron chi connectivity index (χ0n) is 14.9. The molecule has 6 heteroatoms. The van der Waals surface area contributed by atoms with Crippen LogP contribution in [0.1, 0.15) is 13.8 Å². The number of amides is 1. The molecule has 1 aromatic carbocycles. The highest BCUT2D eigenvalue weighted by Crippen LogP contribution is 2.16. The monoisotopic (exact) mass is 340 g/mol. The molecule has 0 aliphatic carbocycles. The molecule has 25 heavy (non-hydrogen) atoms. The van der Waals surface area contributed by atoms with Gasteiger partial charge in [0.25, 0.3) is 5.91 Å². The molecule has 3 rings (SSSR count). The van der Waals surface area contributed by atoms with Crippen molar-refractivity contribution in [1.82, 2.24) is 9.97 Å². The minimum atomic E-state index is 0.147. The van der Waals surface area contributed by atoms with Gasteiger partial charge in [-0.2, -0.15) is 0 Å². The number of benzene rings is 1. The Morgan fingerprint density at radius 3 is 2.36 bits per heavy atom. The van der Waals surface area contributed by atoms with Gasteiger partial charge in [-0.1, -0.05) is 18.2 Å². The quantitative estimate of drug-likeness (QED) is 0.867. The van der Waals surface area contributed by atoms with E-state index >= 15 is 0 Å². The fourth-order valence-electron chi connectivity index (χ4n) is 3.27. The molecule has 0 spiro atoms. The highest BCUT2D eigenvalue weighted by Gasteiger charge is 2.27. The van der Waals surface area contributed by atoms with Crippen LogP contribution in [0, 0.1) is 0 Å². The molecule has 6 nitrogen and oxygen atoms in total. The number of aromatic nitrogens is 2. The fourth-order valence-corrected chi connectivity index (χ4v) is 3.27. The third-order valence-electron chi connectivity index (χ3n) is 4.53. The number of anilines is 2. The summed E-state index contributed by atoms with van der Waals surface area (Å²) in [7, 11) is 0. The number of carbonyl (C=O) groups is 1. The molecule has 1 N–H and O–H groups in total. The SMILES string of the molecule is CC(C)N(C(=O)C[NH+]1CCN(c2ncccn2)CC1)c1ccccc1. The van der Waals surface area contributed by atoms with E-state index in [2.05, 4.69) is 28.7 Å². The zero-order chi connectivity index (χ0) is 17.6. The van der Waals surface area contributed by atoms with Crippen LogP contribution >= 0.6 is 0 Å². The average molecular weight is 340 g/mol. The van der Waals surface area contributed by atoms with Gasteiger partial charge in [0.2, 0.25) is 5.95 Å². The highest BCUT2D eigenvalue weighted by molar-refractivity contribution is 5.94. The number of nitrogens with zero attached hydrogens (tertiary/aromatic N) is 4. The smallest absolute Gasteiger partial charge is 0.282 e. The normalized spacial score (nSPS) is 15.4. The predicted octanol–water partition coefficient (Wildman–Crippen LogP) is 0.623. The third-order valence-corrected chi connectivity index (χ3v) is 4.53. The lowest BCUT2D eigenvalue weighted by Crippen LogP contribution is -3.16. The minimum Gasteiger partial charge on any atom is -0.330 e. The van der Waals surface area contributed by atoms with E-state index < -0.39 is 0 Å². The van der Waals surface area contributed by atoms with E-state index in [9.17, 15) is 4.79 Å². The van der Waals surface area contributed by atoms with Gasteiger partial charge in [0.15, 0.2) is 6.54 Å². The van der Waals surface area contributed by atoms with Crippen LogP contribution in [0.3, 0.4) is 0 Å². The summed E-state index contributed by atoms with van der Waals surface area (Å²) < 4.78 is 0. The topological polar surface area (TPSA) is 53.8 Å². The Morgan fingerprint density at radius 1 is 1.12 bits per heavy atom. The molecule has 1 aromatic heterocycles. The summed E-state index contributed by atoms with van der Waals surface area (Å²) in [6, 6.07) is 11.9. The Balaban J connectivity index is 1.58. The third kappa shape index (κ3) is 4.33. The summed E-state index contributed by atoms with van der Waals surface area (Å²) in [5, 5.41) is 0. The molecule has 1 aliphatic heterocycles. The molecule has 1 saturated heterocycles. The second-order valence-corrected chi connectivity index (χ2v) is 6.66. The Morgan fingerprint density at radius 2 is 1.76 bits per heavy atom. The minimum absolute atomic E-state index is 0.147. The molecule has 2 aromatic rings. The lowest BCUT2D eigenvalue weighted by atomic mass is 10.2. The van der Waals surface area contributed by atoms with Gasteiger partial charge in [-0.3, -0.25) is 4.79 Å².